The van der Waals surface area contributed by atoms with Gasteiger partial charge in [0.2, 0.25) is 0 Å². The summed E-state index contributed by atoms with van der Waals surface area (Å²) in [6.07, 6.45) is 13.2. The summed E-state index contributed by atoms with van der Waals surface area (Å²) in [4.78, 5) is 38.6. The van der Waals surface area contributed by atoms with Gasteiger partial charge in [-0.15, -0.1) is 5.73 Å². The molecule has 3 aromatic rings. The first-order valence-corrected chi connectivity index (χ1v) is 14.0. The Morgan fingerprint density at radius 3 is 2.90 bits per heavy atom. The van der Waals surface area contributed by atoms with E-state index in [0.717, 1.165) is 18.4 Å². The quantitative estimate of drug-likeness (QED) is 0.290. The Morgan fingerprint density at radius 2 is 2.17 bits per heavy atom. The molecule has 1 aliphatic carbocycles. The molecule has 4 N–H and O–H groups in total. The summed E-state index contributed by atoms with van der Waals surface area (Å²) in [5.74, 6) is 7.00. The van der Waals surface area contributed by atoms with Gasteiger partial charge in [-0.25, -0.2) is 15.0 Å². The third kappa shape index (κ3) is 5.97. The SMILES string of the molecule is CC#CC(=O)NC1C=C=C(c2nc(-c3ccc(C(=O)NC4=NC=CC(CCC)C4)cc3OC)c3c(N)nccn23)CC1. The number of aromatic nitrogens is 3. The van der Waals surface area contributed by atoms with E-state index in [1.54, 1.807) is 50.8 Å². The van der Waals surface area contributed by atoms with Crippen LogP contribution in [-0.2, 0) is 4.79 Å². The number of fused-ring (bicyclic) bond motifs is 1. The molecule has 0 radical (unpaired) electrons. The van der Waals surface area contributed by atoms with Crippen LogP contribution in [0.4, 0.5) is 5.82 Å². The summed E-state index contributed by atoms with van der Waals surface area (Å²) < 4.78 is 7.62. The highest BCUT2D eigenvalue weighted by Crippen LogP contribution is 2.37. The number of benzene rings is 1. The lowest BCUT2D eigenvalue weighted by Gasteiger charge is -2.17. The lowest BCUT2D eigenvalue weighted by molar-refractivity contribution is -0.116. The average Bonchev–Trinajstić information content (AvgIpc) is 3.38. The fraction of sp³-hybridized carbons (Fsp3) is 0.312. The molecule has 214 valence electrons. The normalized spacial score (nSPS) is 17.6. The highest BCUT2D eigenvalue weighted by Gasteiger charge is 2.24. The average molecular weight is 564 g/mol. The number of carbonyl (C=O) groups is 2. The van der Waals surface area contributed by atoms with Gasteiger partial charge in [0.1, 0.15) is 34.4 Å². The Hall–Kier alpha value is -5.13. The monoisotopic (exact) mass is 563 g/mol. The number of carbonyl (C=O) groups excluding carboxylic acids is 2. The number of imidazole rings is 1. The van der Waals surface area contributed by atoms with Crippen LogP contribution >= 0.6 is 0 Å². The van der Waals surface area contributed by atoms with E-state index < -0.39 is 0 Å². The maximum Gasteiger partial charge on any atom is 0.296 e. The Bertz CT molecular complexity index is 1730. The van der Waals surface area contributed by atoms with Gasteiger partial charge in [-0.2, -0.15) is 0 Å². The Morgan fingerprint density at radius 1 is 1.31 bits per heavy atom. The molecule has 2 atom stereocenters. The summed E-state index contributed by atoms with van der Waals surface area (Å²) in [5.41, 5.74) is 12.8. The fourth-order valence-corrected chi connectivity index (χ4v) is 5.24. The number of rotatable bonds is 7. The van der Waals surface area contributed by atoms with Gasteiger partial charge >= 0.3 is 0 Å². The number of nitrogens with two attached hydrogens (primary N) is 1. The van der Waals surface area contributed by atoms with Crippen molar-refractivity contribution in [2.75, 3.05) is 12.8 Å². The van der Waals surface area contributed by atoms with Gasteiger partial charge in [0.25, 0.3) is 11.8 Å². The molecule has 0 bridgehead atoms. The van der Waals surface area contributed by atoms with Gasteiger partial charge < -0.3 is 21.1 Å². The van der Waals surface area contributed by atoms with Crippen LogP contribution in [0.15, 0.2) is 59.7 Å². The third-order valence-corrected chi connectivity index (χ3v) is 7.25. The number of nitrogen functional groups attached to an aromatic ring is 1. The van der Waals surface area contributed by atoms with Crippen LogP contribution in [0, 0.1) is 17.8 Å². The van der Waals surface area contributed by atoms with Crippen LogP contribution in [0.25, 0.3) is 22.3 Å². The summed E-state index contributed by atoms with van der Waals surface area (Å²) >= 11 is 0. The summed E-state index contributed by atoms with van der Waals surface area (Å²) in [6, 6.07) is 5.07. The van der Waals surface area contributed by atoms with Crippen molar-refractivity contribution in [1.29, 1.82) is 0 Å². The number of anilines is 1. The highest BCUT2D eigenvalue weighted by atomic mass is 16.5. The van der Waals surface area contributed by atoms with Crippen molar-refractivity contribution >= 4 is 34.6 Å². The zero-order chi connectivity index (χ0) is 29.6. The Labute approximate surface area is 244 Å². The second-order valence-corrected chi connectivity index (χ2v) is 10.1. The zero-order valence-corrected chi connectivity index (χ0v) is 23.9. The number of nitrogens with one attached hydrogen (secondary N) is 2. The van der Waals surface area contributed by atoms with Gasteiger partial charge in [0.05, 0.1) is 13.2 Å². The van der Waals surface area contributed by atoms with Crippen LogP contribution < -0.4 is 21.1 Å². The summed E-state index contributed by atoms with van der Waals surface area (Å²) in [5, 5.41) is 5.82. The van der Waals surface area contributed by atoms with Crippen LogP contribution in [0.2, 0.25) is 0 Å². The number of aliphatic imine (C=N–C) groups is 1. The van der Waals surface area contributed by atoms with E-state index in [2.05, 4.69) is 51.2 Å². The third-order valence-electron chi connectivity index (χ3n) is 7.25. The van der Waals surface area contributed by atoms with E-state index in [-0.39, 0.29) is 17.9 Å². The number of nitrogens with zero attached hydrogens (tertiary/aromatic N) is 4. The van der Waals surface area contributed by atoms with E-state index in [0.29, 0.717) is 70.7 Å². The van der Waals surface area contributed by atoms with Gasteiger partial charge in [0, 0.05) is 41.7 Å². The molecule has 10 nitrogen and oxygen atoms in total. The lowest BCUT2D eigenvalue weighted by atomic mass is 9.97. The molecule has 1 aromatic carbocycles. The van der Waals surface area contributed by atoms with Crippen molar-refractivity contribution in [1.82, 2.24) is 25.0 Å². The summed E-state index contributed by atoms with van der Waals surface area (Å²) in [6.45, 7) is 3.77. The minimum Gasteiger partial charge on any atom is -0.496 e. The first kappa shape index (κ1) is 28.4. The second kappa shape index (κ2) is 12.6. The molecule has 42 heavy (non-hydrogen) atoms. The summed E-state index contributed by atoms with van der Waals surface area (Å²) in [7, 11) is 1.55. The van der Waals surface area contributed by atoms with Crippen LogP contribution in [0.5, 0.6) is 5.75 Å². The van der Waals surface area contributed by atoms with Gasteiger partial charge in [-0.1, -0.05) is 25.3 Å². The Balaban J connectivity index is 1.47. The molecule has 5 rings (SSSR count). The predicted molar refractivity (Wildman–Crippen MR) is 163 cm³/mol. The lowest BCUT2D eigenvalue weighted by Crippen LogP contribution is -2.33. The first-order valence-electron chi connectivity index (χ1n) is 14.0. The van der Waals surface area contributed by atoms with Crippen molar-refractivity contribution in [2.45, 2.75) is 52.0 Å². The first-order chi connectivity index (χ1) is 20.4. The molecule has 2 amide bonds. The number of hydrogen-bond acceptors (Lipinski definition) is 7. The predicted octanol–water partition coefficient (Wildman–Crippen LogP) is 4.29. The molecule has 2 unspecified atom stereocenters. The molecule has 2 aromatic heterocycles. The molecular weight excluding hydrogens is 530 g/mol. The second-order valence-electron chi connectivity index (χ2n) is 10.1. The van der Waals surface area contributed by atoms with Crippen molar-refractivity contribution in [3.8, 4) is 28.8 Å². The van der Waals surface area contributed by atoms with E-state index in [1.807, 2.05) is 10.5 Å². The molecule has 2 aliphatic rings. The maximum absolute atomic E-state index is 13.1. The maximum atomic E-state index is 13.1. The smallest absolute Gasteiger partial charge is 0.296 e. The standard InChI is InChI=1S/C32H33N7O3/c1-4-6-20-14-15-34-26(18-20)37-32(41)22-10-13-24(25(19-22)42-3)28-29-30(33)35-16-17-39(29)31(38-28)21-8-11-23(12-9-21)36-27(40)7-5-2/h10,12-17,19-20,23H,4,6,8,11,18H2,1-3H3,(H2,33,35)(H,36,40)(H,34,37,41). The number of hydrogen-bond donors (Lipinski definition) is 3. The minimum absolute atomic E-state index is 0.161. The molecule has 0 saturated heterocycles. The largest absolute Gasteiger partial charge is 0.496 e. The minimum atomic E-state index is -0.315. The molecule has 0 fully saturated rings. The van der Waals surface area contributed by atoms with Gasteiger partial charge in [-0.3, -0.25) is 14.0 Å². The Kier molecular flexibility index (Phi) is 8.51. The van der Waals surface area contributed by atoms with E-state index >= 15 is 0 Å². The van der Waals surface area contributed by atoms with Crippen LogP contribution in [-0.4, -0.2) is 45.2 Å². The van der Waals surface area contributed by atoms with Crippen molar-refractivity contribution < 1.29 is 14.3 Å². The molecule has 3 heterocycles. The molecule has 0 spiro atoms. The van der Waals surface area contributed by atoms with Crippen molar-refractivity contribution in [3.05, 3.63) is 66.1 Å². The van der Waals surface area contributed by atoms with Crippen LogP contribution in [0.1, 0.15) is 62.1 Å². The van der Waals surface area contributed by atoms with Crippen molar-refractivity contribution in [3.63, 3.8) is 0 Å². The zero-order valence-electron chi connectivity index (χ0n) is 23.9. The van der Waals surface area contributed by atoms with Gasteiger partial charge in [0.15, 0.2) is 0 Å². The van der Waals surface area contributed by atoms with E-state index in [1.165, 1.54) is 0 Å². The number of methoxy groups -OCH3 is 1. The highest BCUT2D eigenvalue weighted by molar-refractivity contribution is 6.07. The topological polar surface area (TPSA) is 136 Å². The van der Waals surface area contributed by atoms with E-state index in [4.69, 9.17) is 15.5 Å². The fourth-order valence-electron chi connectivity index (χ4n) is 5.24. The molecule has 0 saturated carbocycles. The van der Waals surface area contributed by atoms with Crippen LogP contribution in [0.3, 0.4) is 0 Å². The molecule has 1 aliphatic heterocycles. The number of ether oxygens (including phenoxy) is 1. The van der Waals surface area contributed by atoms with E-state index in [9.17, 15) is 9.59 Å². The number of allylic oxidation sites excluding steroid dienone is 1. The number of amides is 2. The van der Waals surface area contributed by atoms with Crippen molar-refractivity contribution in [2.24, 2.45) is 10.9 Å². The number of amidine groups is 1. The van der Waals surface area contributed by atoms with Gasteiger partial charge in [-0.05, 0) is 62.3 Å². The molecule has 10 heteroatoms. The molecular formula is C32H33N7O3.